The number of benzene rings is 3. The minimum atomic E-state index is -3.88. The molecule has 2 fully saturated rings. The van der Waals surface area contributed by atoms with Crippen molar-refractivity contribution in [3.05, 3.63) is 90.5 Å². The fourth-order valence-corrected chi connectivity index (χ4v) is 8.53. The number of nitrogens with zero attached hydrogens (tertiary/aromatic N) is 3. The van der Waals surface area contributed by atoms with Gasteiger partial charge in [0, 0.05) is 18.0 Å². The summed E-state index contributed by atoms with van der Waals surface area (Å²) in [5.41, 5.74) is 0.698. The molecule has 14 heteroatoms. The van der Waals surface area contributed by atoms with Gasteiger partial charge in [0.05, 0.1) is 23.7 Å². The molecule has 0 spiro atoms. The van der Waals surface area contributed by atoms with E-state index >= 15 is 0 Å². The molecule has 1 aromatic heterocycles. The van der Waals surface area contributed by atoms with Gasteiger partial charge in [-0.2, -0.15) is 0 Å². The number of aromatic nitrogens is 2. The van der Waals surface area contributed by atoms with Crippen LogP contribution in [0.4, 0.5) is 0 Å². The van der Waals surface area contributed by atoms with Crippen molar-refractivity contribution in [2.75, 3.05) is 6.54 Å². The number of ether oxygens (including phenoxy) is 1. The first-order valence-electron chi connectivity index (χ1n) is 18.6. The van der Waals surface area contributed by atoms with E-state index in [0.717, 1.165) is 34.4 Å². The zero-order valence-electron chi connectivity index (χ0n) is 30.1. The number of hydrogen-bond donors (Lipinski definition) is 3. The molecule has 3 aromatic carbocycles. The Morgan fingerprint density at radius 3 is 2.43 bits per heavy atom. The lowest BCUT2D eigenvalue weighted by Gasteiger charge is -2.29. The molecule has 4 atom stereocenters. The predicted molar refractivity (Wildman–Crippen MR) is 203 cm³/mol. The standard InChI is InChI=1S/C40H44N6O7S/c1-25-22-42-34(23-41-25)37(47)44-33-17-7-5-3-2-4-6-16-32(38(48)45-54(51,52)28-18-19-28)43-39(49)35-21-27(24-46(35)40(33)50)53-36-20-26-12-8-9-13-29(26)30-14-10-11-15-31(30)36/h4,6,8-15,20,22-23,27-28,32-33,35H,2-3,5,7,16-19,21,24H2,1H3,(H,43,49)(H,44,47)(H,45,48)/b6-4-/t27-,32-,33+,35+/m1/s1. The van der Waals surface area contributed by atoms with E-state index in [2.05, 4.69) is 25.3 Å². The third-order valence-corrected chi connectivity index (χ3v) is 12.1. The van der Waals surface area contributed by atoms with Crippen molar-refractivity contribution < 1.29 is 32.3 Å². The quantitative estimate of drug-likeness (QED) is 0.184. The summed E-state index contributed by atoms with van der Waals surface area (Å²) in [7, 11) is -3.88. The van der Waals surface area contributed by atoms with Crippen LogP contribution < -0.4 is 20.1 Å². The van der Waals surface area contributed by atoms with Crippen LogP contribution in [0, 0.1) is 6.92 Å². The molecule has 0 radical (unpaired) electrons. The number of nitrogens with one attached hydrogen (secondary N) is 3. The first kappa shape index (κ1) is 37.0. The largest absolute Gasteiger partial charge is 0.488 e. The summed E-state index contributed by atoms with van der Waals surface area (Å²) < 4.78 is 34.2. The fourth-order valence-electron chi connectivity index (χ4n) is 7.18. The highest BCUT2D eigenvalue weighted by atomic mass is 32.2. The first-order valence-corrected chi connectivity index (χ1v) is 20.1. The van der Waals surface area contributed by atoms with Crippen molar-refractivity contribution in [2.45, 2.75) is 94.2 Å². The van der Waals surface area contributed by atoms with Gasteiger partial charge in [-0.15, -0.1) is 0 Å². The van der Waals surface area contributed by atoms with Crippen molar-refractivity contribution in [3.63, 3.8) is 0 Å². The molecule has 2 aliphatic heterocycles. The monoisotopic (exact) mass is 752 g/mol. The van der Waals surface area contributed by atoms with E-state index in [-0.39, 0.29) is 25.1 Å². The van der Waals surface area contributed by atoms with Crippen LogP contribution in [0.3, 0.4) is 0 Å². The number of fused-ring (bicyclic) bond motifs is 4. The summed E-state index contributed by atoms with van der Waals surface area (Å²) in [6, 6.07) is 14.5. The molecule has 282 valence electrons. The van der Waals surface area contributed by atoms with Gasteiger partial charge in [-0.05, 0) is 67.7 Å². The lowest BCUT2D eigenvalue weighted by Crippen LogP contribution is -2.56. The second-order valence-electron chi connectivity index (χ2n) is 14.3. The lowest BCUT2D eigenvalue weighted by atomic mass is 10.0. The van der Waals surface area contributed by atoms with Crippen LogP contribution in [0.15, 0.2) is 79.1 Å². The molecular weight excluding hydrogens is 709 g/mol. The molecule has 54 heavy (non-hydrogen) atoms. The van der Waals surface area contributed by atoms with Crippen molar-refractivity contribution in [1.29, 1.82) is 0 Å². The third kappa shape index (κ3) is 8.38. The summed E-state index contributed by atoms with van der Waals surface area (Å²) in [5.74, 6) is -1.89. The fraction of sp³-hybridized carbons (Fsp3) is 0.400. The maximum Gasteiger partial charge on any atom is 0.272 e. The van der Waals surface area contributed by atoms with E-state index in [0.29, 0.717) is 43.5 Å². The molecule has 0 unspecified atom stereocenters. The molecule has 3 N–H and O–H groups in total. The highest BCUT2D eigenvalue weighted by Gasteiger charge is 2.44. The summed E-state index contributed by atoms with van der Waals surface area (Å²) in [6.45, 7) is 1.78. The second-order valence-corrected chi connectivity index (χ2v) is 16.3. The molecular formula is C40H44N6O7S. The Balaban J connectivity index is 1.20. The number of carbonyl (C=O) groups excluding carboxylic acids is 4. The Kier molecular flexibility index (Phi) is 10.9. The van der Waals surface area contributed by atoms with E-state index in [1.165, 1.54) is 17.3 Å². The second kappa shape index (κ2) is 15.9. The molecule has 7 rings (SSSR count). The van der Waals surface area contributed by atoms with Gasteiger partial charge in [0.2, 0.25) is 21.8 Å². The van der Waals surface area contributed by atoms with Crippen LogP contribution >= 0.6 is 0 Å². The summed E-state index contributed by atoms with van der Waals surface area (Å²) in [4.78, 5) is 65.4. The topological polar surface area (TPSA) is 177 Å². The number of aryl methyl sites for hydroxylation is 1. The van der Waals surface area contributed by atoms with Gasteiger partial charge in [0.1, 0.15) is 35.7 Å². The molecule has 0 bridgehead atoms. The Morgan fingerprint density at radius 2 is 1.67 bits per heavy atom. The van der Waals surface area contributed by atoms with Gasteiger partial charge in [-0.3, -0.25) is 28.9 Å². The lowest BCUT2D eigenvalue weighted by molar-refractivity contribution is -0.140. The third-order valence-electron chi connectivity index (χ3n) is 10.2. The molecule has 4 aromatic rings. The maximum absolute atomic E-state index is 14.6. The number of allylic oxidation sites excluding steroid dienone is 1. The molecule has 3 heterocycles. The van der Waals surface area contributed by atoms with Gasteiger partial charge in [0.15, 0.2) is 0 Å². The smallest absolute Gasteiger partial charge is 0.272 e. The Morgan fingerprint density at radius 1 is 0.907 bits per heavy atom. The van der Waals surface area contributed by atoms with Crippen molar-refractivity contribution >= 4 is 55.2 Å². The normalized spacial score (nSPS) is 23.5. The number of hydrogen-bond acceptors (Lipinski definition) is 9. The van der Waals surface area contributed by atoms with Gasteiger partial charge >= 0.3 is 0 Å². The van der Waals surface area contributed by atoms with Crippen molar-refractivity contribution in [1.82, 2.24) is 30.2 Å². The van der Waals surface area contributed by atoms with Gasteiger partial charge in [-0.25, -0.2) is 13.4 Å². The highest BCUT2D eigenvalue weighted by molar-refractivity contribution is 7.90. The summed E-state index contributed by atoms with van der Waals surface area (Å²) in [5, 5.41) is 8.90. The van der Waals surface area contributed by atoms with Crippen LogP contribution in [0.2, 0.25) is 0 Å². The van der Waals surface area contributed by atoms with Crippen LogP contribution in [0.1, 0.15) is 74.0 Å². The van der Waals surface area contributed by atoms with Crippen LogP contribution in [0.25, 0.3) is 21.5 Å². The van der Waals surface area contributed by atoms with Crippen LogP contribution in [-0.4, -0.2) is 82.9 Å². The van der Waals surface area contributed by atoms with E-state index in [1.54, 1.807) is 13.0 Å². The number of carbonyl (C=O) groups is 4. The number of sulfonamides is 1. The highest BCUT2D eigenvalue weighted by Crippen LogP contribution is 2.36. The van der Waals surface area contributed by atoms with Gasteiger partial charge in [-0.1, -0.05) is 73.5 Å². The molecule has 13 nitrogen and oxygen atoms in total. The number of rotatable bonds is 7. The molecule has 1 saturated carbocycles. The van der Waals surface area contributed by atoms with E-state index in [9.17, 15) is 27.6 Å². The number of amides is 4. The molecule has 4 amide bonds. The first-order chi connectivity index (χ1) is 26.1. The summed E-state index contributed by atoms with van der Waals surface area (Å²) in [6.07, 6.45) is 10.2. The van der Waals surface area contributed by atoms with Crippen LogP contribution in [0.5, 0.6) is 5.75 Å². The summed E-state index contributed by atoms with van der Waals surface area (Å²) >= 11 is 0. The molecule has 1 aliphatic carbocycles. The Bertz CT molecular complexity index is 2210. The average Bonchev–Trinajstić information content (AvgIpc) is 3.95. The minimum absolute atomic E-state index is 0.0294. The van der Waals surface area contributed by atoms with Crippen molar-refractivity contribution in [2.24, 2.45) is 0 Å². The minimum Gasteiger partial charge on any atom is -0.488 e. The van der Waals surface area contributed by atoms with E-state index in [4.69, 9.17) is 4.74 Å². The Hall–Kier alpha value is -5.37. The van der Waals surface area contributed by atoms with Crippen LogP contribution in [-0.2, 0) is 24.4 Å². The average molecular weight is 753 g/mol. The maximum atomic E-state index is 14.6. The van der Waals surface area contributed by atoms with E-state index in [1.807, 2.05) is 60.7 Å². The Labute approximate surface area is 314 Å². The molecule has 3 aliphatic rings. The predicted octanol–water partition coefficient (Wildman–Crippen LogP) is 4.24. The van der Waals surface area contributed by atoms with Gasteiger partial charge in [0.25, 0.3) is 11.8 Å². The van der Waals surface area contributed by atoms with Crippen molar-refractivity contribution in [3.8, 4) is 5.75 Å². The zero-order valence-corrected chi connectivity index (χ0v) is 30.9. The van der Waals surface area contributed by atoms with Gasteiger partial charge < -0.3 is 20.3 Å². The molecule has 1 saturated heterocycles. The zero-order chi connectivity index (χ0) is 37.8. The SMILES string of the molecule is Cc1cnc(C(=O)N[C@H]2CCCCC/C=C\C[C@H](C(=O)NS(=O)(=O)C3CC3)NC(=O)[C@@H]3C[C@@H](Oc4cc5ccccc5c5ccccc45)CN3C2=O)cn1. The van der Waals surface area contributed by atoms with E-state index < -0.39 is 63.1 Å².